The van der Waals surface area contributed by atoms with Crippen molar-refractivity contribution >= 4 is 17.5 Å². The minimum atomic E-state index is -1.67. The average Bonchev–Trinajstić information content (AvgIpc) is 2.67. The Hall–Kier alpha value is -2.87. The molecule has 27 heavy (non-hydrogen) atoms. The Kier molecular flexibility index (Phi) is 6.95. The van der Waals surface area contributed by atoms with Gasteiger partial charge in [0.05, 0.1) is 5.69 Å². The lowest BCUT2D eigenvalue weighted by Crippen LogP contribution is -2.38. The summed E-state index contributed by atoms with van der Waals surface area (Å²) in [7, 11) is 0. The van der Waals surface area contributed by atoms with Crippen molar-refractivity contribution < 1.29 is 22.8 Å². The van der Waals surface area contributed by atoms with Gasteiger partial charge in [0.2, 0.25) is 5.91 Å². The van der Waals surface area contributed by atoms with Crippen LogP contribution < -0.4 is 11.1 Å². The third-order valence-corrected chi connectivity index (χ3v) is 3.86. The highest BCUT2D eigenvalue weighted by atomic mass is 19.2. The summed E-state index contributed by atoms with van der Waals surface area (Å²) in [6.45, 7) is 2.12. The van der Waals surface area contributed by atoms with Gasteiger partial charge in [0.15, 0.2) is 17.5 Å². The van der Waals surface area contributed by atoms with Crippen LogP contribution in [0.1, 0.15) is 29.3 Å². The number of nitrogens with zero attached hydrogens (tertiary/aromatic N) is 1. The number of amides is 2. The van der Waals surface area contributed by atoms with Crippen molar-refractivity contribution in [3.63, 3.8) is 0 Å². The molecule has 8 heteroatoms. The Bertz CT molecular complexity index is 826. The smallest absolute Gasteiger partial charge is 0.254 e. The Labute approximate surface area is 155 Å². The number of nitrogens with two attached hydrogens (primary N) is 1. The molecule has 2 rings (SSSR count). The molecule has 0 saturated carbocycles. The molecule has 5 nitrogen and oxygen atoms in total. The molecule has 3 N–H and O–H groups in total. The van der Waals surface area contributed by atoms with Gasteiger partial charge in [-0.3, -0.25) is 9.59 Å². The number of hydrogen-bond donors (Lipinski definition) is 2. The zero-order chi connectivity index (χ0) is 20.0. The molecular formula is C19H20F3N3O2. The van der Waals surface area contributed by atoms with Gasteiger partial charge in [-0.25, -0.2) is 13.2 Å². The largest absolute Gasteiger partial charge is 0.329 e. The fourth-order valence-corrected chi connectivity index (χ4v) is 2.47. The van der Waals surface area contributed by atoms with Crippen LogP contribution in [0.15, 0.2) is 36.4 Å². The number of hydrogen-bond acceptors (Lipinski definition) is 3. The molecule has 0 fully saturated rings. The lowest BCUT2D eigenvalue weighted by Gasteiger charge is -2.22. The van der Waals surface area contributed by atoms with E-state index in [1.54, 1.807) is 24.3 Å². The van der Waals surface area contributed by atoms with Crippen molar-refractivity contribution in [3.05, 3.63) is 65.0 Å². The molecule has 0 aliphatic rings. The minimum Gasteiger partial charge on any atom is -0.329 e. The van der Waals surface area contributed by atoms with E-state index in [9.17, 15) is 22.8 Å². The van der Waals surface area contributed by atoms with Crippen molar-refractivity contribution in [2.24, 2.45) is 5.73 Å². The van der Waals surface area contributed by atoms with Crippen LogP contribution in [0.4, 0.5) is 18.9 Å². The van der Waals surface area contributed by atoms with Gasteiger partial charge in [0, 0.05) is 18.7 Å². The van der Waals surface area contributed by atoms with E-state index in [0.717, 1.165) is 11.6 Å². The van der Waals surface area contributed by atoms with Crippen molar-refractivity contribution in [1.82, 2.24) is 4.90 Å². The molecule has 0 atom stereocenters. The zero-order valence-electron chi connectivity index (χ0n) is 14.8. The molecule has 0 aromatic heterocycles. The standard InChI is InChI=1S/C19H20F3N3O2/c1-2-9-25(19(27)13-5-3-12(10-23)4-6-13)11-16(26)24-15-8-7-14(20)17(21)18(15)22/h3-8H,2,9-11,23H2,1H3,(H,24,26). The molecule has 0 spiro atoms. The van der Waals surface area contributed by atoms with Crippen LogP contribution in [0.2, 0.25) is 0 Å². The Morgan fingerprint density at radius 3 is 2.30 bits per heavy atom. The van der Waals surface area contributed by atoms with Gasteiger partial charge >= 0.3 is 0 Å². The molecule has 0 heterocycles. The van der Waals surface area contributed by atoms with Crippen LogP contribution >= 0.6 is 0 Å². The summed E-state index contributed by atoms with van der Waals surface area (Å²) >= 11 is 0. The fourth-order valence-electron chi connectivity index (χ4n) is 2.47. The second kappa shape index (κ2) is 9.18. The number of carbonyl (C=O) groups is 2. The normalized spacial score (nSPS) is 10.6. The zero-order valence-corrected chi connectivity index (χ0v) is 14.8. The Balaban J connectivity index is 2.11. The van der Waals surface area contributed by atoms with Crippen LogP contribution in [-0.2, 0) is 11.3 Å². The molecule has 2 aromatic carbocycles. The summed E-state index contributed by atoms with van der Waals surface area (Å²) in [4.78, 5) is 26.1. The van der Waals surface area contributed by atoms with Gasteiger partial charge in [0.1, 0.15) is 6.54 Å². The lowest BCUT2D eigenvalue weighted by atomic mass is 10.1. The van der Waals surface area contributed by atoms with Crippen LogP contribution in [-0.4, -0.2) is 29.8 Å². The average molecular weight is 379 g/mol. The van der Waals surface area contributed by atoms with Gasteiger partial charge in [0.25, 0.3) is 5.91 Å². The number of benzene rings is 2. The first-order valence-corrected chi connectivity index (χ1v) is 8.39. The molecule has 0 radical (unpaired) electrons. The van der Waals surface area contributed by atoms with Crippen molar-refractivity contribution in [3.8, 4) is 0 Å². The predicted octanol–water partition coefficient (Wildman–Crippen LogP) is 3.05. The molecule has 0 unspecified atom stereocenters. The van der Waals surface area contributed by atoms with Crippen LogP contribution in [0.5, 0.6) is 0 Å². The first kappa shape index (κ1) is 20.4. The Morgan fingerprint density at radius 2 is 1.70 bits per heavy atom. The van der Waals surface area contributed by atoms with E-state index in [2.05, 4.69) is 5.32 Å². The van der Waals surface area contributed by atoms with Gasteiger partial charge in [-0.1, -0.05) is 19.1 Å². The van der Waals surface area contributed by atoms with Crippen LogP contribution in [0.25, 0.3) is 0 Å². The second-order valence-electron chi connectivity index (χ2n) is 5.90. The maximum Gasteiger partial charge on any atom is 0.254 e. The molecule has 2 aromatic rings. The van der Waals surface area contributed by atoms with E-state index in [1.807, 2.05) is 6.92 Å². The molecular weight excluding hydrogens is 359 g/mol. The Morgan fingerprint density at radius 1 is 1.04 bits per heavy atom. The highest BCUT2D eigenvalue weighted by Crippen LogP contribution is 2.19. The number of anilines is 1. The van der Waals surface area contributed by atoms with Crippen LogP contribution in [0, 0.1) is 17.5 Å². The molecule has 0 saturated heterocycles. The molecule has 0 aliphatic carbocycles. The molecule has 144 valence electrons. The minimum absolute atomic E-state index is 0.297. The van der Waals surface area contributed by atoms with Crippen molar-refractivity contribution in [2.45, 2.75) is 19.9 Å². The van der Waals surface area contributed by atoms with Crippen molar-refractivity contribution in [2.75, 3.05) is 18.4 Å². The predicted molar refractivity (Wildman–Crippen MR) is 95.5 cm³/mol. The number of nitrogens with one attached hydrogen (secondary N) is 1. The summed E-state index contributed by atoms with van der Waals surface area (Å²) in [6, 6.07) is 8.29. The van der Waals surface area contributed by atoms with E-state index in [1.165, 1.54) is 4.90 Å². The fraction of sp³-hybridized carbons (Fsp3) is 0.263. The first-order chi connectivity index (χ1) is 12.9. The summed E-state index contributed by atoms with van der Waals surface area (Å²) in [6.07, 6.45) is 0.597. The third-order valence-electron chi connectivity index (χ3n) is 3.86. The first-order valence-electron chi connectivity index (χ1n) is 8.39. The third kappa shape index (κ3) is 5.07. The highest BCUT2D eigenvalue weighted by molar-refractivity contribution is 5.99. The maximum absolute atomic E-state index is 13.7. The number of halogens is 3. The highest BCUT2D eigenvalue weighted by Gasteiger charge is 2.20. The number of rotatable bonds is 7. The maximum atomic E-state index is 13.7. The summed E-state index contributed by atoms with van der Waals surface area (Å²) < 4.78 is 39.9. The topological polar surface area (TPSA) is 75.4 Å². The molecule has 2 amide bonds. The van der Waals surface area contributed by atoms with E-state index in [4.69, 9.17) is 5.73 Å². The second-order valence-corrected chi connectivity index (χ2v) is 5.90. The van der Waals surface area contributed by atoms with Crippen molar-refractivity contribution in [1.29, 1.82) is 0 Å². The van der Waals surface area contributed by atoms with Gasteiger partial charge < -0.3 is 16.0 Å². The molecule has 0 bridgehead atoms. The summed E-state index contributed by atoms with van der Waals surface area (Å²) in [5.74, 6) is -5.61. The summed E-state index contributed by atoms with van der Waals surface area (Å²) in [5, 5.41) is 2.16. The van der Waals surface area contributed by atoms with E-state index >= 15 is 0 Å². The van der Waals surface area contributed by atoms with E-state index in [-0.39, 0.29) is 12.5 Å². The molecule has 0 aliphatic heterocycles. The van der Waals surface area contributed by atoms with Gasteiger partial charge in [-0.05, 0) is 36.2 Å². The summed E-state index contributed by atoms with van der Waals surface area (Å²) in [5.41, 5.74) is 6.28. The van der Waals surface area contributed by atoms with E-state index < -0.39 is 29.0 Å². The monoisotopic (exact) mass is 379 g/mol. The van der Waals surface area contributed by atoms with E-state index in [0.29, 0.717) is 31.1 Å². The number of carbonyl (C=O) groups excluding carboxylic acids is 2. The van der Waals surface area contributed by atoms with Crippen LogP contribution in [0.3, 0.4) is 0 Å². The SMILES string of the molecule is CCCN(CC(=O)Nc1ccc(F)c(F)c1F)C(=O)c1ccc(CN)cc1. The lowest BCUT2D eigenvalue weighted by molar-refractivity contribution is -0.116. The quantitative estimate of drug-likeness (QED) is 0.726. The van der Waals surface area contributed by atoms with Gasteiger partial charge in [-0.15, -0.1) is 0 Å². The van der Waals surface area contributed by atoms with Gasteiger partial charge in [-0.2, -0.15) is 0 Å².